The molecule has 2 atom stereocenters. The van der Waals surface area contributed by atoms with E-state index in [-0.39, 0.29) is 17.0 Å². The summed E-state index contributed by atoms with van der Waals surface area (Å²) in [5, 5.41) is 5.23. The molecule has 0 bridgehead atoms. The molecule has 7 heteroatoms. The maximum absolute atomic E-state index is 11.6. The lowest BCUT2D eigenvalue weighted by Gasteiger charge is -2.45. The van der Waals surface area contributed by atoms with Crippen LogP contribution in [0.5, 0.6) is 0 Å². The molecular formula is C14H21N3O3S. The number of anilines is 2. The number of hydrogen-bond acceptors (Lipinski definition) is 5. The van der Waals surface area contributed by atoms with Crippen LogP contribution in [-0.2, 0) is 14.8 Å². The molecule has 0 amide bonds. The van der Waals surface area contributed by atoms with Crippen molar-refractivity contribution in [2.75, 3.05) is 23.8 Å². The second-order valence-corrected chi connectivity index (χ2v) is 7.28. The molecule has 3 rings (SSSR count). The first kappa shape index (κ1) is 14.6. The van der Waals surface area contributed by atoms with E-state index in [2.05, 4.69) is 4.90 Å². The molecule has 1 aliphatic heterocycles. The minimum atomic E-state index is -3.72. The molecule has 1 saturated heterocycles. The van der Waals surface area contributed by atoms with Crippen LogP contribution in [0, 0.1) is 0 Å². The zero-order valence-corrected chi connectivity index (χ0v) is 12.7. The van der Waals surface area contributed by atoms with Crippen molar-refractivity contribution in [3.63, 3.8) is 0 Å². The summed E-state index contributed by atoms with van der Waals surface area (Å²) in [6.45, 7) is 1.36. The summed E-state index contributed by atoms with van der Waals surface area (Å²) < 4.78 is 29.0. The van der Waals surface area contributed by atoms with Crippen molar-refractivity contribution < 1.29 is 13.2 Å². The van der Waals surface area contributed by atoms with Gasteiger partial charge in [-0.05, 0) is 31.0 Å². The van der Waals surface area contributed by atoms with Crippen molar-refractivity contribution in [3.8, 4) is 0 Å². The van der Waals surface area contributed by atoms with Gasteiger partial charge in [-0.3, -0.25) is 0 Å². The average Bonchev–Trinajstić information content (AvgIpc) is 2.46. The van der Waals surface area contributed by atoms with Gasteiger partial charge in [-0.2, -0.15) is 0 Å². The molecule has 1 aliphatic carbocycles. The number of ether oxygens (including phenoxy) is 1. The molecule has 1 heterocycles. The summed E-state index contributed by atoms with van der Waals surface area (Å²) in [6.07, 6.45) is 4.65. The number of benzene rings is 1. The lowest BCUT2D eigenvalue weighted by molar-refractivity contribution is -0.00863. The fourth-order valence-corrected chi connectivity index (χ4v) is 3.88. The minimum Gasteiger partial charge on any atom is -0.397 e. The SMILES string of the molecule is Nc1ccc(S(N)(=O)=O)cc1N1CCOC2CCCCC21. The Morgan fingerprint density at radius 3 is 2.76 bits per heavy atom. The number of nitrogens with two attached hydrogens (primary N) is 2. The summed E-state index contributed by atoms with van der Waals surface area (Å²) in [7, 11) is -3.72. The Labute approximate surface area is 125 Å². The Morgan fingerprint density at radius 2 is 2.00 bits per heavy atom. The highest BCUT2D eigenvalue weighted by Gasteiger charge is 2.35. The first-order valence-corrected chi connectivity index (χ1v) is 8.82. The number of nitrogens with zero attached hydrogens (tertiary/aromatic N) is 1. The zero-order valence-electron chi connectivity index (χ0n) is 11.9. The Hall–Kier alpha value is -1.31. The van der Waals surface area contributed by atoms with Gasteiger partial charge < -0.3 is 15.4 Å². The first-order chi connectivity index (χ1) is 9.97. The third-order valence-corrected chi connectivity index (χ3v) is 5.28. The number of morpholine rings is 1. The normalized spacial score (nSPS) is 26.4. The number of hydrogen-bond donors (Lipinski definition) is 2. The molecule has 116 valence electrons. The molecule has 1 saturated carbocycles. The Bertz CT molecular complexity index is 630. The van der Waals surface area contributed by atoms with Crippen molar-refractivity contribution >= 4 is 21.4 Å². The van der Waals surface area contributed by atoms with Crippen LogP contribution in [0.2, 0.25) is 0 Å². The Balaban J connectivity index is 1.98. The van der Waals surface area contributed by atoms with E-state index in [1.165, 1.54) is 12.5 Å². The van der Waals surface area contributed by atoms with Crippen molar-refractivity contribution in [1.29, 1.82) is 0 Å². The van der Waals surface area contributed by atoms with Gasteiger partial charge in [0, 0.05) is 6.54 Å². The molecule has 2 unspecified atom stereocenters. The second kappa shape index (κ2) is 5.47. The van der Waals surface area contributed by atoms with Crippen molar-refractivity contribution in [3.05, 3.63) is 18.2 Å². The molecule has 1 aromatic rings. The highest BCUT2D eigenvalue weighted by atomic mass is 32.2. The first-order valence-electron chi connectivity index (χ1n) is 7.27. The molecular weight excluding hydrogens is 290 g/mol. The number of rotatable bonds is 2. The van der Waals surface area contributed by atoms with E-state index in [4.69, 9.17) is 15.6 Å². The van der Waals surface area contributed by atoms with Gasteiger partial charge in [-0.1, -0.05) is 12.8 Å². The van der Waals surface area contributed by atoms with E-state index in [0.29, 0.717) is 12.3 Å². The average molecular weight is 311 g/mol. The van der Waals surface area contributed by atoms with Crippen molar-refractivity contribution in [1.82, 2.24) is 0 Å². The van der Waals surface area contributed by atoms with E-state index in [9.17, 15) is 8.42 Å². The van der Waals surface area contributed by atoms with E-state index < -0.39 is 10.0 Å². The molecule has 1 aromatic carbocycles. The highest BCUT2D eigenvalue weighted by Crippen LogP contribution is 2.35. The van der Waals surface area contributed by atoms with Crippen molar-refractivity contribution in [2.45, 2.75) is 42.7 Å². The molecule has 2 aliphatic rings. The van der Waals surface area contributed by atoms with Gasteiger partial charge in [-0.15, -0.1) is 0 Å². The zero-order chi connectivity index (χ0) is 15.0. The predicted molar refractivity (Wildman–Crippen MR) is 81.6 cm³/mol. The van der Waals surface area contributed by atoms with Crippen LogP contribution < -0.4 is 15.8 Å². The smallest absolute Gasteiger partial charge is 0.238 e. The van der Waals surface area contributed by atoms with Crippen LogP contribution in [0.3, 0.4) is 0 Å². The largest absolute Gasteiger partial charge is 0.397 e. The number of sulfonamides is 1. The van der Waals surface area contributed by atoms with Crippen LogP contribution in [-0.4, -0.2) is 33.7 Å². The minimum absolute atomic E-state index is 0.102. The van der Waals surface area contributed by atoms with Crippen LogP contribution in [0.1, 0.15) is 25.7 Å². The molecule has 0 radical (unpaired) electrons. The Morgan fingerprint density at radius 1 is 1.24 bits per heavy atom. The quantitative estimate of drug-likeness (QED) is 0.796. The fraction of sp³-hybridized carbons (Fsp3) is 0.571. The summed E-state index contributed by atoms with van der Waals surface area (Å²) in [5.74, 6) is 0. The highest BCUT2D eigenvalue weighted by molar-refractivity contribution is 7.89. The van der Waals surface area contributed by atoms with Crippen LogP contribution in [0.4, 0.5) is 11.4 Å². The topological polar surface area (TPSA) is 98.7 Å². The number of nitrogen functional groups attached to an aromatic ring is 1. The maximum Gasteiger partial charge on any atom is 0.238 e. The van der Waals surface area contributed by atoms with Gasteiger partial charge in [0.15, 0.2) is 0 Å². The standard InChI is InChI=1S/C14H21N3O3S/c15-11-6-5-10(21(16,18)19)9-13(11)17-7-8-20-14-4-2-1-3-12(14)17/h5-6,9,12,14H,1-4,7-8,15H2,(H2,16,18,19). The van der Waals surface area contributed by atoms with Gasteiger partial charge in [0.2, 0.25) is 10.0 Å². The lowest BCUT2D eigenvalue weighted by atomic mass is 9.89. The van der Waals surface area contributed by atoms with Crippen molar-refractivity contribution in [2.24, 2.45) is 5.14 Å². The van der Waals surface area contributed by atoms with Gasteiger partial charge in [0.1, 0.15) is 0 Å². The van der Waals surface area contributed by atoms with Crippen LogP contribution >= 0.6 is 0 Å². The van der Waals surface area contributed by atoms with E-state index in [0.717, 1.165) is 31.5 Å². The molecule has 6 nitrogen and oxygen atoms in total. The second-order valence-electron chi connectivity index (χ2n) is 5.72. The monoisotopic (exact) mass is 311 g/mol. The van der Waals surface area contributed by atoms with E-state index >= 15 is 0 Å². The third kappa shape index (κ3) is 2.86. The maximum atomic E-state index is 11.6. The molecule has 4 N–H and O–H groups in total. The summed E-state index contributed by atoms with van der Waals surface area (Å²) in [6, 6.07) is 4.92. The van der Waals surface area contributed by atoms with Gasteiger partial charge >= 0.3 is 0 Å². The third-order valence-electron chi connectivity index (χ3n) is 4.37. The van der Waals surface area contributed by atoms with Crippen LogP contribution in [0.15, 0.2) is 23.1 Å². The molecule has 21 heavy (non-hydrogen) atoms. The van der Waals surface area contributed by atoms with E-state index in [1.54, 1.807) is 12.1 Å². The molecule has 0 aromatic heterocycles. The molecule has 0 spiro atoms. The predicted octanol–water partition coefficient (Wildman–Crippen LogP) is 1.06. The van der Waals surface area contributed by atoms with E-state index in [1.807, 2.05) is 0 Å². The summed E-state index contributed by atoms with van der Waals surface area (Å²) >= 11 is 0. The number of primary sulfonamides is 1. The Kier molecular flexibility index (Phi) is 3.81. The number of fused-ring (bicyclic) bond motifs is 1. The van der Waals surface area contributed by atoms with Gasteiger partial charge in [0.05, 0.1) is 35.0 Å². The molecule has 2 fully saturated rings. The van der Waals surface area contributed by atoms with Gasteiger partial charge in [0.25, 0.3) is 0 Å². The fourth-order valence-electron chi connectivity index (χ4n) is 3.34. The van der Waals surface area contributed by atoms with Crippen LogP contribution in [0.25, 0.3) is 0 Å². The lowest BCUT2D eigenvalue weighted by Crippen LogP contribution is -2.53. The summed E-state index contributed by atoms with van der Waals surface area (Å²) in [5.41, 5.74) is 7.40. The van der Waals surface area contributed by atoms with Gasteiger partial charge in [-0.25, -0.2) is 13.6 Å². The summed E-state index contributed by atoms with van der Waals surface area (Å²) in [4.78, 5) is 2.29.